The third kappa shape index (κ3) is 5.57. The molecule has 3 aromatic rings. The molecule has 0 saturated carbocycles. The third-order valence-corrected chi connectivity index (χ3v) is 5.03. The normalized spacial score (nSPS) is 11.1. The molecule has 27 heavy (non-hydrogen) atoms. The van der Waals surface area contributed by atoms with Gasteiger partial charge in [-0.05, 0) is 55.5 Å². The molecule has 0 aliphatic carbocycles. The highest BCUT2D eigenvalue weighted by Crippen LogP contribution is 2.23. The van der Waals surface area contributed by atoms with Gasteiger partial charge < -0.3 is 9.47 Å². The Balaban J connectivity index is 1.47. The highest BCUT2D eigenvalue weighted by Gasteiger charge is 2.14. The van der Waals surface area contributed by atoms with E-state index in [-0.39, 0.29) is 18.1 Å². The average Bonchev–Trinajstić information content (AvgIpc) is 2.68. The molecule has 0 spiro atoms. The Hall–Kier alpha value is -2.83. The zero-order valence-corrected chi connectivity index (χ0v) is 15.7. The van der Waals surface area contributed by atoms with Crippen LogP contribution >= 0.6 is 0 Å². The molecular weight excluding hydrogens is 364 g/mol. The molecule has 3 rings (SSSR count). The first-order chi connectivity index (χ1) is 13.0. The molecular formula is C21H20O5S. The van der Waals surface area contributed by atoms with Crippen LogP contribution in [-0.4, -0.2) is 21.6 Å². The summed E-state index contributed by atoms with van der Waals surface area (Å²) < 4.78 is 40.4. The lowest BCUT2D eigenvalue weighted by atomic mass is 10.2. The van der Waals surface area contributed by atoms with Gasteiger partial charge in [0, 0.05) is 0 Å². The number of ether oxygens (including phenoxy) is 2. The predicted molar refractivity (Wildman–Crippen MR) is 103 cm³/mol. The van der Waals surface area contributed by atoms with Gasteiger partial charge in [-0.15, -0.1) is 0 Å². The number of hydrogen-bond acceptors (Lipinski definition) is 5. The monoisotopic (exact) mass is 384 g/mol. The van der Waals surface area contributed by atoms with Gasteiger partial charge in [0.05, 0.1) is 4.90 Å². The van der Waals surface area contributed by atoms with Gasteiger partial charge in [-0.2, -0.15) is 8.42 Å². The number of hydrogen-bond donors (Lipinski definition) is 0. The van der Waals surface area contributed by atoms with Crippen LogP contribution in [0.15, 0.2) is 83.8 Å². The molecule has 0 N–H and O–H groups in total. The summed E-state index contributed by atoms with van der Waals surface area (Å²) in [7, 11) is -3.77. The molecule has 6 heteroatoms. The molecule has 0 aliphatic rings. The topological polar surface area (TPSA) is 61.8 Å². The van der Waals surface area contributed by atoms with Crippen molar-refractivity contribution < 1.29 is 22.1 Å². The molecule has 0 radical (unpaired) electrons. The Labute approximate surface area is 159 Å². The minimum Gasteiger partial charge on any atom is -0.491 e. The van der Waals surface area contributed by atoms with Crippen molar-refractivity contribution >= 4 is 10.1 Å². The summed E-state index contributed by atoms with van der Waals surface area (Å²) in [6, 6.07) is 23.1. The lowest BCUT2D eigenvalue weighted by Gasteiger charge is -2.09. The van der Waals surface area contributed by atoms with Crippen LogP contribution in [0.4, 0.5) is 0 Å². The maximum Gasteiger partial charge on any atom is 0.297 e. The molecule has 0 heterocycles. The Morgan fingerprint density at radius 3 is 1.96 bits per heavy atom. The van der Waals surface area contributed by atoms with Crippen molar-refractivity contribution in [2.45, 2.75) is 11.8 Å². The average molecular weight is 384 g/mol. The van der Waals surface area contributed by atoms with Crippen LogP contribution in [0, 0.1) is 6.92 Å². The van der Waals surface area contributed by atoms with Crippen LogP contribution in [-0.2, 0) is 14.3 Å². The maximum atomic E-state index is 12.1. The largest absolute Gasteiger partial charge is 0.491 e. The van der Waals surface area contributed by atoms with E-state index in [9.17, 15) is 8.42 Å². The standard InChI is InChI=1S/C21H20O5S/c1-17-7-13-21(14-8-17)27(22,23)25-16-15-24-18-9-11-20(12-10-18)26-19-5-3-2-4-6-19/h2-14H,15-16H2,1H3. The van der Waals surface area contributed by atoms with E-state index in [1.807, 2.05) is 37.3 Å². The van der Waals surface area contributed by atoms with E-state index >= 15 is 0 Å². The van der Waals surface area contributed by atoms with Crippen LogP contribution in [0.2, 0.25) is 0 Å². The van der Waals surface area contributed by atoms with Crippen molar-refractivity contribution in [2.75, 3.05) is 13.2 Å². The summed E-state index contributed by atoms with van der Waals surface area (Å²) in [5.74, 6) is 2.04. The molecule has 0 bridgehead atoms. The Morgan fingerprint density at radius 1 is 0.704 bits per heavy atom. The molecule has 5 nitrogen and oxygen atoms in total. The first-order valence-electron chi connectivity index (χ1n) is 8.45. The second-order valence-corrected chi connectivity index (χ2v) is 7.44. The van der Waals surface area contributed by atoms with Gasteiger partial charge in [0.2, 0.25) is 0 Å². The molecule has 0 amide bonds. The quantitative estimate of drug-likeness (QED) is 0.420. The predicted octanol–water partition coefficient (Wildman–Crippen LogP) is 4.57. The van der Waals surface area contributed by atoms with Gasteiger partial charge in [-0.3, -0.25) is 4.18 Å². The van der Waals surface area contributed by atoms with Crippen molar-refractivity contribution in [2.24, 2.45) is 0 Å². The van der Waals surface area contributed by atoms with Crippen molar-refractivity contribution in [3.05, 3.63) is 84.4 Å². The van der Waals surface area contributed by atoms with Crippen molar-refractivity contribution in [3.63, 3.8) is 0 Å². The maximum absolute atomic E-state index is 12.1. The molecule has 3 aromatic carbocycles. The first kappa shape index (κ1) is 18.9. The summed E-state index contributed by atoms with van der Waals surface area (Å²) in [5.41, 5.74) is 0.983. The minimum absolute atomic E-state index is 0.0710. The van der Waals surface area contributed by atoms with Crippen molar-refractivity contribution in [1.29, 1.82) is 0 Å². The highest BCUT2D eigenvalue weighted by molar-refractivity contribution is 7.86. The molecule has 0 aliphatic heterocycles. The first-order valence-corrected chi connectivity index (χ1v) is 9.86. The van der Waals surface area contributed by atoms with Crippen molar-refractivity contribution in [3.8, 4) is 17.2 Å². The third-order valence-electron chi connectivity index (χ3n) is 3.70. The van der Waals surface area contributed by atoms with Crippen LogP contribution in [0.1, 0.15) is 5.56 Å². The molecule has 0 aromatic heterocycles. The van der Waals surface area contributed by atoms with E-state index in [2.05, 4.69) is 0 Å². The van der Waals surface area contributed by atoms with Crippen LogP contribution in [0.25, 0.3) is 0 Å². The summed E-state index contributed by atoms with van der Waals surface area (Å²) in [6.45, 7) is 1.93. The van der Waals surface area contributed by atoms with E-state index in [4.69, 9.17) is 13.7 Å². The summed E-state index contributed by atoms with van der Waals surface area (Å²) in [6.07, 6.45) is 0. The van der Waals surface area contributed by atoms with Gasteiger partial charge in [-0.1, -0.05) is 35.9 Å². The van der Waals surface area contributed by atoms with E-state index in [0.717, 1.165) is 11.3 Å². The molecule has 0 saturated heterocycles. The summed E-state index contributed by atoms with van der Waals surface area (Å²) >= 11 is 0. The number of aryl methyl sites for hydroxylation is 1. The van der Waals surface area contributed by atoms with Crippen molar-refractivity contribution in [1.82, 2.24) is 0 Å². The molecule has 0 unspecified atom stereocenters. The molecule has 0 fully saturated rings. The second-order valence-electron chi connectivity index (χ2n) is 5.82. The lowest BCUT2D eigenvalue weighted by molar-refractivity contribution is 0.221. The van der Waals surface area contributed by atoms with Gasteiger partial charge in [-0.25, -0.2) is 0 Å². The van der Waals surface area contributed by atoms with Gasteiger partial charge in [0.15, 0.2) is 0 Å². The fourth-order valence-corrected chi connectivity index (χ4v) is 3.20. The fraction of sp³-hybridized carbons (Fsp3) is 0.143. The number of rotatable bonds is 8. The van der Waals surface area contributed by atoms with Gasteiger partial charge in [0.1, 0.15) is 30.5 Å². The van der Waals surface area contributed by atoms with E-state index in [1.165, 1.54) is 12.1 Å². The second kappa shape index (κ2) is 8.70. The zero-order chi connectivity index (χ0) is 19.1. The minimum atomic E-state index is -3.77. The number of para-hydroxylation sites is 1. The van der Waals surface area contributed by atoms with E-state index < -0.39 is 10.1 Å². The van der Waals surface area contributed by atoms with E-state index in [1.54, 1.807) is 36.4 Å². The summed E-state index contributed by atoms with van der Waals surface area (Å²) in [5, 5.41) is 0. The Morgan fingerprint density at radius 2 is 1.30 bits per heavy atom. The zero-order valence-electron chi connectivity index (χ0n) is 14.9. The lowest BCUT2D eigenvalue weighted by Crippen LogP contribution is -2.13. The Kier molecular flexibility index (Phi) is 6.11. The van der Waals surface area contributed by atoms with Crippen LogP contribution in [0.3, 0.4) is 0 Å². The van der Waals surface area contributed by atoms with Crippen LogP contribution in [0.5, 0.6) is 17.2 Å². The highest BCUT2D eigenvalue weighted by atomic mass is 32.2. The SMILES string of the molecule is Cc1ccc(S(=O)(=O)OCCOc2ccc(Oc3ccccc3)cc2)cc1. The smallest absolute Gasteiger partial charge is 0.297 e. The van der Waals surface area contributed by atoms with E-state index in [0.29, 0.717) is 11.5 Å². The summed E-state index contributed by atoms with van der Waals surface area (Å²) in [4.78, 5) is 0.135. The van der Waals surface area contributed by atoms with Crippen LogP contribution < -0.4 is 9.47 Å². The van der Waals surface area contributed by atoms with Gasteiger partial charge >= 0.3 is 0 Å². The molecule has 0 atom stereocenters. The van der Waals surface area contributed by atoms with Gasteiger partial charge in [0.25, 0.3) is 10.1 Å². The number of benzene rings is 3. The Bertz CT molecular complexity index is 950. The molecule has 140 valence electrons. The fourth-order valence-electron chi connectivity index (χ4n) is 2.30.